The van der Waals surface area contributed by atoms with Crippen molar-refractivity contribution in [1.82, 2.24) is 20.3 Å². The molecule has 1 saturated heterocycles. The Hall–Kier alpha value is -1.88. The van der Waals surface area contributed by atoms with Crippen molar-refractivity contribution in [2.24, 2.45) is 7.05 Å². The van der Waals surface area contributed by atoms with Crippen LogP contribution in [0.4, 0.5) is 5.69 Å². The molecular weight excluding hydrogens is 298 g/mol. The van der Waals surface area contributed by atoms with E-state index in [0.717, 1.165) is 25.3 Å². The van der Waals surface area contributed by atoms with Crippen molar-refractivity contribution in [3.8, 4) is 0 Å². The zero-order chi connectivity index (χ0) is 17.2. The molecule has 2 aromatic rings. The third-order valence-corrected chi connectivity index (χ3v) is 4.81. The minimum atomic E-state index is 0.218. The first kappa shape index (κ1) is 17.0. The summed E-state index contributed by atoms with van der Waals surface area (Å²) in [6.45, 7) is 9.79. The van der Waals surface area contributed by atoms with Gasteiger partial charge in [-0.2, -0.15) is 15.0 Å². The molecule has 0 bridgehead atoms. The highest BCUT2D eigenvalue weighted by molar-refractivity contribution is 5.49. The second-order valence-corrected chi connectivity index (χ2v) is 7.76. The van der Waals surface area contributed by atoms with Gasteiger partial charge in [0.15, 0.2) is 0 Å². The van der Waals surface area contributed by atoms with Gasteiger partial charge in [0.1, 0.15) is 0 Å². The third kappa shape index (κ3) is 4.15. The number of hydrogen-bond acceptors (Lipinski definition) is 4. The van der Waals surface area contributed by atoms with E-state index in [0.29, 0.717) is 6.04 Å². The van der Waals surface area contributed by atoms with Gasteiger partial charge >= 0.3 is 0 Å². The first-order chi connectivity index (χ1) is 11.4. The van der Waals surface area contributed by atoms with Gasteiger partial charge in [-0.05, 0) is 36.0 Å². The molecule has 0 spiro atoms. The number of anilines is 1. The lowest BCUT2D eigenvalue weighted by Crippen LogP contribution is -2.42. The molecule has 1 aliphatic heterocycles. The molecule has 3 rings (SSSR count). The Balaban J connectivity index is 1.49. The van der Waals surface area contributed by atoms with Crippen molar-refractivity contribution in [1.29, 1.82) is 0 Å². The molecule has 1 aromatic heterocycles. The van der Waals surface area contributed by atoms with Crippen molar-refractivity contribution in [3.05, 3.63) is 41.7 Å². The highest BCUT2D eigenvalue weighted by Gasteiger charge is 2.20. The van der Waals surface area contributed by atoms with Crippen LogP contribution in [0.15, 0.2) is 30.5 Å². The predicted molar refractivity (Wildman–Crippen MR) is 98.2 cm³/mol. The van der Waals surface area contributed by atoms with E-state index < -0.39 is 0 Å². The Morgan fingerprint density at radius 3 is 2.33 bits per heavy atom. The predicted octanol–water partition coefficient (Wildman–Crippen LogP) is 2.87. The van der Waals surface area contributed by atoms with Gasteiger partial charge in [0.05, 0.1) is 11.9 Å². The topological polar surface area (TPSA) is 46.0 Å². The van der Waals surface area contributed by atoms with Crippen LogP contribution >= 0.6 is 0 Å². The van der Waals surface area contributed by atoms with Crippen LogP contribution in [0.2, 0.25) is 0 Å². The number of aryl methyl sites for hydroxylation is 1. The smallest absolute Gasteiger partial charge is 0.0964 e. The van der Waals surface area contributed by atoms with Gasteiger partial charge in [-0.25, -0.2) is 0 Å². The van der Waals surface area contributed by atoms with E-state index >= 15 is 0 Å². The maximum absolute atomic E-state index is 4.32. The summed E-state index contributed by atoms with van der Waals surface area (Å²) in [7, 11) is 1.85. The minimum Gasteiger partial charge on any atom is -0.371 e. The summed E-state index contributed by atoms with van der Waals surface area (Å²) in [6, 6.07) is 9.65. The number of nitrogens with one attached hydrogen (secondary N) is 1. The van der Waals surface area contributed by atoms with Crippen LogP contribution < -0.4 is 10.2 Å². The van der Waals surface area contributed by atoms with E-state index in [9.17, 15) is 0 Å². The fourth-order valence-electron chi connectivity index (χ4n) is 3.23. The Bertz CT molecular complexity index is 645. The number of aromatic nitrogens is 3. The SMILES string of the molecule is Cn1ncc(CNC2CCN(c3ccc(C(C)(C)C)cc3)CC2)n1. The molecule has 5 nitrogen and oxygen atoms in total. The van der Waals surface area contributed by atoms with Crippen LogP contribution in [0.3, 0.4) is 0 Å². The van der Waals surface area contributed by atoms with Gasteiger partial charge in [0.2, 0.25) is 0 Å². The number of piperidine rings is 1. The van der Waals surface area contributed by atoms with Crippen LogP contribution in [-0.2, 0) is 19.0 Å². The fraction of sp³-hybridized carbons (Fsp3) is 0.579. The normalized spacial score (nSPS) is 16.6. The molecule has 1 aromatic carbocycles. The van der Waals surface area contributed by atoms with E-state index in [4.69, 9.17) is 0 Å². The van der Waals surface area contributed by atoms with Crippen LogP contribution in [0.1, 0.15) is 44.9 Å². The molecule has 1 N–H and O–H groups in total. The average Bonchev–Trinajstić information content (AvgIpc) is 2.98. The molecule has 0 atom stereocenters. The zero-order valence-electron chi connectivity index (χ0n) is 15.3. The van der Waals surface area contributed by atoms with Crippen molar-refractivity contribution >= 4 is 5.69 Å². The van der Waals surface area contributed by atoms with Crippen LogP contribution in [-0.4, -0.2) is 34.1 Å². The second kappa shape index (κ2) is 6.93. The molecule has 130 valence electrons. The van der Waals surface area contributed by atoms with Crippen LogP contribution in [0.25, 0.3) is 0 Å². The number of nitrogens with zero attached hydrogens (tertiary/aromatic N) is 4. The molecule has 0 amide bonds. The monoisotopic (exact) mass is 327 g/mol. The Morgan fingerprint density at radius 1 is 1.12 bits per heavy atom. The molecule has 5 heteroatoms. The average molecular weight is 327 g/mol. The summed E-state index contributed by atoms with van der Waals surface area (Å²) >= 11 is 0. The summed E-state index contributed by atoms with van der Waals surface area (Å²) < 4.78 is 0. The van der Waals surface area contributed by atoms with Crippen molar-refractivity contribution < 1.29 is 0 Å². The van der Waals surface area contributed by atoms with Crippen LogP contribution in [0.5, 0.6) is 0 Å². The third-order valence-electron chi connectivity index (χ3n) is 4.81. The molecule has 24 heavy (non-hydrogen) atoms. The van der Waals surface area contributed by atoms with E-state index in [1.54, 1.807) is 4.80 Å². The van der Waals surface area contributed by atoms with Gasteiger partial charge in [-0.1, -0.05) is 32.9 Å². The molecular formula is C19H29N5. The molecule has 2 heterocycles. The number of hydrogen-bond donors (Lipinski definition) is 1. The zero-order valence-corrected chi connectivity index (χ0v) is 15.3. The Kier molecular flexibility index (Phi) is 4.90. The van der Waals surface area contributed by atoms with E-state index in [-0.39, 0.29) is 5.41 Å². The summed E-state index contributed by atoms with van der Waals surface area (Å²) in [5.74, 6) is 0. The minimum absolute atomic E-state index is 0.218. The van der Waals surface area contributed by atoms with Gasteiger partial charge < -0.3 is 10.2 Å². The van der Waals surface area contributed by atoms with E-state index in [1.165, 1.54) is 24.1 Å². The van der Waals surface area contributed by atoms with Crippen LogP contribution in [0, 0.1) is 0 Å². The summed E-state index contributed by atoms with van der Waals surface area (Å²) in [5, 5.41) is 12.0. The van der Waals surface area contributed by atoms with Gasteiger partial charge in [-0.15, -0.1) is 0 Å². The largest absolute Gasteiger partial charge is 0.371 e. The molecule has 1 fully saturated rings. The van der Waals surface area contributed by atoms with Crippen molar-refractivity contribution in [2.45, 2.75) is 51.6 Å². The van der Waals surface area contributed by atoms with Crippen molar-refractivity contribution in [3.63, 3.8) is 0 Å². The molecule has 0 unspecified atom stereocenters. The highest BCUT2D eigenvalue weighted by atomic mass is 15.4. The van der Waals surface area contributed by atoms with Gasteiger partial charge in [-0.3, -0.25) is 0 Å². The molecule has 0 aliphatic carbocycles. The van der Waals surface area contributed by atoms with E-state index in [2.05, 4.69) is 65.5 Å². The van der Waals surface area contributed by atoms with E-state index in [1.807, 2.05) is 13.2 Å². The molecule has 0 saturated carbocycles. The number of benzene rings is 1. The lowest BCUT2D eigenvalue weighted by atomic mass is 9.87. The second-order valence-electron chi connectivity index (χ2n) is 7.76. The molecule has 0 radical (unpaired) electrons. The molecule has 1 aliphatic rings. The summed E-state index contributed by atoms with van der Waals surface area (Å²) in [6.07, 6.45) is 4.17. The first-order valence-electron chi connectivity index (χ1n) is 8.86. The maximum Gasteiger partial charge on any atom is 0.0964 e. The maximum atomic E-state index is 4.32. The standard InChI is InChI=1S/C19H29N5/c1-19(2,3)15-5-7-18(8-6-15)24-11-9-16(10-12-24)20-13-17-14-21-23(4)22-17/h5-8,14,16,20H,9-13H2,1-4H3. The highest BCUT2D eigenvalue weighted by Crippen LogP contribution is 2.26. The Labute approximate surface area is 145 Å². The van der Waals surface area contributed by atoms with Gasteiger partial charge in [0.25, 0.3) is 0 Å². The number of rotatable bonds is 4. The van der Waals surface area contributed by atoms with Gasteiger partial charge in [0, 0.05) is 38.4 Å². The summed E-state index contributed by atoms with van der Waals surface area (Å²) in [5.41, 5.74) is 3.97. The Morgan fingerprint density at radius 2 is 1.79 bits per heavy atom. The fourth-order valence-corrected chi connectivity index (χ4v) is 3.23. The lowest BCUT2D eigenvalue weighted by molar-refractivity contribution is 0.411. The van der Waals surface area contributed by atoms with Crippen molar-refractivity contribution in [2.75, 3.05) is 18.0 Å². The lowest BCUT2D eigenvalue weighted by Gasteiger charge is -2.34. The summed E-state index contributed by atoms with van der Waals surface area (Å²) in [4.78, 5) is 4.10. The first-order valence-corrected chi connectivity index (χ1v) is 8.86. The quantitative estimate of drug-likeness (QED) is 0.938.